The van der Waals surface area contributed by atoms with Crippen molar-refractivity contribution >= 4 is 0 Å². The van der Waals surface area contributed by atoms with Gasteiger partial charge in [0.15, 0.2) is 0 Å². The topological polar surface area (TPSA) is 20.2 Å². The van der Waals surface area contributed by atoms with Crippen LogP contribution in [-0.2, 0) is 11.8 Å². The number of benzene rings is 1. The van der Waals surface area contributed by atoms with Crippen LogP contribution in [0.4, 0.5) is 0 Å². The number of hydrogen-bond acceptors (Lipinski definition) is 1. The van der Waals surface area contributed by atoms with Gasteiger partial charge in [-0.2, -0.15) is 0 Å². The van der Waals surface area contributed by atoms with E-state index in [0.29, 0.717) is 0 Å². The minimum absolute atomic E-state index is 0.0951. The van der Waals surface area contributed by atoms with Crippen LogP contribution in [0.3, 0.4) is 0 Å². The van der Waals surface area contributed by atoms with Crippen molar-refractivity contribution in [2.24, 2.45) is 0 Å². The van der Waals surface area contributed by atoms with E-state index < -0.39 is 0 Å². The van der Waals surface area contributed by atoms with Gasteiger partial charge in [0, 0.05) is 5.41 Å². The summed E-state index contributed by atoms with van der Waals surface area (Å²) in [5.41, 5.74) is 4.51. The minimum atomic E-state index is -0.114. The van der Waals surface area contributed by atoms with Gasteiger partial charge in [-0.25, -0.2) is 0 Å². The Labute approximate surface area is 104 Å². The van der Waals surface area contributed by atoms with E-state index >= 15 is 0 Å². The molecule has 0 radical (unpaired) electrons. The smallest absolute Gasteiger partial charge is 0.0640 e. The maximum atomic E-state index is 10.5. The van der Waals surface area contributed by atoms with Gasteiger partial charge in [0.05, 0.1) is 6.10 Å². The summed E-state index contributed by atoms with van der Waals surface area (Å²) in [7, 11) is 0. The van der Waals surface area contributed by atoms with E-state index in [-0.39, 0.29) is 11.5 Å². The molecule has 92 valence electrons. The van der Waals surface area contributed by atoms with Crippen molar-refractivity contribution in [2.75, 3.05) is 0 Å². The number of aliphatic hydroxyl groups is 1. The fourth-order valence-corrected chi connectivity index (χ4v) is 4.02. The Kier molecular flexibility index (Phi) is 2.74. The van der Waals surface area contributed by atoms with Crippen molar-refractivity contribution in [3.63, 3.8) is 0 Å². The molecule has 0 amide bonds. The van der Waals surface area contributed by atoms with E-state index in [2.05, 4.69) is 25.1 Å². The molecular weight excluding hydrogens is 208 g/mol. The first-order chi connectivity index (χ1) is 8.24. The molecule has 1 fully saturated rings. The first-order valence-corrected chi connectivity index (χ1v) is 7.01. The lowest BCUT2D eigenvalue weighted by Crippen LogP contribution is -2.45. The van der Waals surface area contributed by atoms with Crippen molar-refractivity contribution in [2.45, 2.75) is 63.4 Å². The van der Waals surface area contributed by atoms with Crippen LogP contribution in [0.5, 0.6) is 0 Å². The van der Waals surface area contributed by atoms with Gasteiger partial charge in [0.1, 0.15) is 0 Å². The predicted molar refractivity (Wildman–Crippen MR) is 70.3 cm³/mol. The molecule has 1 unspecified atom stereocenters. The molecule has 0 saturated heterocycles. The van der Waals surface area contributed by atoms with Gasteiger partial charge in [0.25, 0.3) is 0 Å². The van der Waals surface area contributed by atoms with E-state index in [1.54, 1.807) is 0 Å². The highest BCUT2D eigenvalue weighted by Crippen LogP contribution is 2.48. The Bertz CT molecular complexity index is 416. The average molecular weight is 230 g/mol. The van der Waals surface area contributed by atoms with Crippen molar-refractivity contribution < 1.29 is 5.11 Å². The van der Waals surface area contributed by atoms with E-state index in [1.165, 1.54) is 48.8 Å². The van der Waals surface area contributed by atoms with Crippen LogP contribution in [0.25, 0.3) is 0 Å². The second-order valence-corrected chi connectivity index (χ2v) is 5.87. The van der Waals surface area contributed by atoms with Gasteiger partial charge in [-0.3, -0.25) is 0 Å². The second kappa shape index (κ2) is 4.13. The molecule has 1 aromatic carbocycles. The summed E-state index contributed by atoms with van der Waals surface area (Å²) >= 11 is 0. The Hall–Kier alpha value is -0.820. The maximum Gasteiger partial charge on any atom is 0.0640 e. The van der Waals surface area contributed by atoms with Gasteiger partial charge in [0.2, 0.25) is 0 Å². The number of hydrogen-bond donors (Lipinski definition) is 1. The highest BCUT2D eigenvalue weighted by Gasteiger charge is 2.44. The lowest BCUT2D eigenvalue weighted by atomic mass is 9.60. The molecular formula is C16H22O. The fourth-order valence-electron chi connectivity index (χ4n) is 4.02. The standard InChI is InChI=1S/C16H22O/c1-12-6-5-7-14-13(12)8-9-15(17)16(14)10-3-2-4-11-16/h5-7,15,17H,2-4,8-11H2,1H3. The van der Waals surface area contributed by atoms with E-state index in [1.807, 2.05) is 0 Å². The zero-order valence-electron chi connectivity index (χ0n) is 10.7. The van der Waals surface area contributed by atoms with Crippen molar-refractivity contribution in [3.8, 4) is 0 Å². The minimum Gasteiger partial charge on any atom is -0.392 e. The third-order valence-corrected chi connectivity index (χ3v) is 5.00. The van der Waals surface area contributed by atoms with Gasteiger partial charge in [-0.15, -0.1) is 0 Å². The van der Waals surface area contributed by atoms with Crippen LogP contribution in [0.2, 0.25) is 0 Å². The number of aryl methyl sites for hydroxylation is 1. The molecule has 2 aliphatic carbocycles. The van der Waals surface area contributed by atoms with Gasteiger partial charge >= 0.3 is 0 Å². The SMILES string of the molecule is Cc1cccc2c1CCC(O)C21CCCCC1. The Balaban J connectivity index is 2.12. The molecule has 3 rings (SSSR count). The first-order valence-electron chi connectivity index (χ1n) is 7.01. The van der Waals surface area contributed by atoms with Gasteiger partial charge in [-0.05, 0) is 49.3 Å². The second-order valence-electron chi connectivity index (χ2n) is 5.87. The Morgan fingerprint density at radius 3 is 2.71 bits per heavy atom. The molecule has 1 spiro atoms. The largest absolute Gasteiger partial charge is 0.392 e. The molecule has 1 saturated carbocycles. The summed E-state index contributed by atoms with van der Waals surface area (Å²) in [5, 5.41) is 10.5. The Morgan fingerprint density at radius 1 is 1.18 bits per heavy atom. The average Bonchev–Trinajstić information content (AvgIpc) is 2.36. The molecule has 0 heterocycles. The quantitative estimate of drug-likeness (QED) is 0.723. The van der Waals surface area contributed by atoms with Gasteiger partial charge < -0.3 is 5.11 Å². The lowest BCUT2D eigenvalue weighted by Gasteiger charge is -2.46. The van der Waals surface area contributed by atoms with Crippen molar-refractivity contribution in [3.05, 3.63) is 34.9 Å². The number of rotatable bonds is 0. The van der Waals surface area contributed by atoms with Crippen LogP contribution in [0.1, 0.15) is 55.2 Å². The zero-order chi connectivity index (χ0) is 11.9. The number of aliphatic hydroxyl groups excluding tert-OH is 1. The molecule has 0 bridgehead atoms. The molecule has 1 aromatic rings. The molecule has 2 aliphatic rings. The monoisotopic (exact) mass is 230 g/mol. The normalized spacial score (nSPS) is 26.8. The van der Waals surface area contributed by atoms with Crippen LogP contribution >= 0.6 is 0 Å². The van der Waals surface area contributed by atoms with Crippen LogP contribution < -0.4 is 0 Å². The maximum absolute atomic E-state index is 10.5. The fraction of sp³-hybridized carbons (Fsp3) is 0.625. The molecule has 0 aromatic heterocycles. The van der Waals surface area contributed by atoms with Gasteiger partial charge in [-0.1, -0.05) is 37.5 Å². The predicted octanol–water partition coefficient (Wildman–Crippen LogP) is 3.50. The molecule has 1 heteroatoms. The molecule has 1 N–H and O–H groups in total. The summed E-state index contributed by atoms with van der Waals surface area (Å²) in [5.74, 6) is 0. The highest BCUT2D eigenvalue weighted by atomic mass is 16.3. The molecule has 1 nitrogen and oxygen atoms in total. The van der Waals surface area contributed by atoms with Crippen LogP contribution in [-0.4, -0.2) is 11.2 Å². The summed E-state index contributed by atoms with van der Waals surface area (Å²) < 4.78 is 0. The molecule has 17 heavy (non-hydrogen) atoms. The summed E-state index contributed by atoms with van der Waals surface area (Å²) in [6.07, 6.45) is 8.18. The third kappa shape index (κ3) is 1.63. The number of fused-ring (bicyclic) bond motifs is 2. The third-order valence-electron chi connectivity index (χ3n) is 5.00. The van der Waals surface area contributed by atoms with E-state index in [9.17, 15) is 5.11 Å². The van der Waals surface area contributed by atoms with Crippen molar-refractivity contribution in [1.82, 2.24) is 0 Å². The van der Waals surface area contributed by atoms with E-state index in [0.717, 1.165) is 12.8 Å². The molecule has 1 atom stereocenters. The summed E-state index contributed by atoms with van der Waals surface area (Å²) in [4.78, 5) is 0. The highest BCUT2D eigenvalue weighted by molar-refractivity contribution is 5.43. The summed E-state index contributed by atoms with van der Waals surface area (Å²) in [6.45, 7) is 2.22. The van der Waals surface area contributed by atoms with Crippen LogP contribution in [0.15, 0.2) is 18.2 Å². The summed E-state index contributed by atoms with van der Waals surface area (Å²) in [6, 6.07) is 6.66. The molecule has 0 aliphatic heterocycles. The van der Waals surface area contributed by atoms with Crippen molar-refractivity contribution in [1.29, 1.82) is 0 Å². The van der Waals surface area contributed by atoms with Crippen LogP contribution in [0, 0.1) is 6.92 Å². The first kappa shape index (κ1) is 11.3. The Morgan fingerprint density at radius 2 is 1.94 bits per heavy atom. The lowest BCUT2D eigenvalue weighted by molar-refractivity contribution is 0.0389. The van der Waals surface area contributed by atoms with E-state index in [4.69, 9.17) is 0 Å². The zero-order valence-corrected chi connectivity index (χ0v) is 10.7.